The lowest BCUT2D eigenvalue weighted by Gasteiger charge is -2.13. The lowest BCUT2D eigenvalue weighted by molar-refractivity contribution is -0.384. The zero-order chi connectivity index (χ0) is 22.7. The van der Waals surface area contributed by atoms with Gasteiger partial charge in [0.25, 0.3) is 11.2 Å². The van der Waals surface area contributed by atoms with Crippen LogP contribution in [0.1, 0.15) is 26.3 Å². The van der Waals surface area contributed by atoms with E-state index in [4.69, 9.17) is 10.5 Å². The zero-order valence-electron chi connectivity index (χ0n) is 15.7. The predicted octanol–water partition coefficient (Wildman–Crippen LogP) is 2.51. The molecule has 3 aromatic rings. The first-order valence-electron chi connectivity index (χ1n) is 8.68. The Morgan fingerprint density at radius 3 is 2.10 bits per heavy atom. The van der Waals surface area contributed by atoms with Crippen LogP contribution in [0.3, 0.4) is 0 Å². The molecule has 11 heteroatoms. The van der Waals surface area contributed by atoms with Gasteiger partial charge < -0.3 is 25.7 Å². The quantitative estimate of drug-likeness (QED) is 0.326. The molecule has 1 heterocycles. The normalized spacial score (nSPS) is 10.5. The number of rotatable bonds is 7. The number of nitrogens with zero attached hydrogens (tertiary/aromatic N) is 1. The molecular formula is C20H15N3O8. The minimum absolute atomic E-state index is 0.0475. The van der Waals surface area contributed by atoms with E-state index in [1.165, 1.54) is 36.4 Å². The number of nitro groups is 1. The third kappa shape index (κ3) is 4.34. The van der Waals surface area contributed by atoms with Crippen molar-refractivity contribution in [2.75, 3.05) is 5.73 Å². The molecular weight excluding hydrogens is 410 g/mol. The molecule has 0 fully saturated rings. The molecule has 31 heavy (non-hydrogen) atoms. The molecule has 0 saturated heterocycles. The summed E-state index contributed by atoms with van der Waals surface area (Å²) >= 11 is 0. The Kier molecular flexibility index (Phi) is 5.68. The number of nitro benzene ring substituents is 1. The summed E-state index contributed by atoms with van der Waals surface area (Å²) in [4.78, 5) is 47.5. The second kappa shape index (κ2) is 8.37. The number of hydrogen-bond donors (Lipinski definition) is 4. The van der Waals surface area contributed by atoms with Gasteiger partial charge in [-0.05, 0) is 35.4 Å². The summed E-state index contributed by atoms with van der Waals surface area (Å²) in [5.41, 5.74) is 3.77. The average Bonchev–Trinajstić information content (AvgIpc) is 2.71. The molecule has 2 aromatic carbocycles. The highest BCUT2D eigenvalue weighted by Gasteiger charge is 2.26. The number of aromatic amines is 1. The zero-order valence-corrected chi connectivity index (χ0v) is 15.7. The van der Waals surface area contributed by atoms with Crippen LogP contribution < -0.4 is 16.0 Å². The lowest BCUT2D eigenvalue weighted by atomic mass is 9.95. The molecule has 11 nitrogen and oxygen atoms in total. The van der Waals surface area contributed by atoms with Gasteiger partial charge in [-0.3, -0.25) is 14.9 Å². The minimum Gasteiger partial charge on any atom is -0.489 e. The second-order valence-corrected chi connectivity index (χ2v) is 6.34. The molecule has 158 valence electrons. The summed E-state index contributed by atoms with van der Waals surface area (Å²) in [6.07, 6.45) is 0. The molecule has 0 atom stereocenters. The van der Waals surface area contributed by atoms with E-state index in [1.807, 2.05) is 4.98 Å². The number of hydrogen-bond acceptors (Lipinski definition) is 7. The summed E-state index contributed by atoms with van der Waals surface area (Å²) in [6, 6.07) is 11.5. The van der Waals surface area contributed by atoms with Crippen LogP contribution in [-0.4, -0.2) is 32.1 Å². The van der Waals surface area contributed by atoms with Crippen molar-refractivity contribution < 1.29 is 29.5 Å². The minimum atomic E-state index is -1.60. The number of nitrogen functional groups attached to an aromatic ring is 1. The molecule has 0 aliphatic heterocycles. The van der Waals surface area contributed by atoms with Crippen molar-refractivity contribution in [3.63, 3.8) is 0 Å². The number of anilines is 1. The van der Waals surface area contributed by atoms with Crippen molar-refractivity contribution in [2.45, 2.75) is 6.61 Å². The smallest absolute Gasteiger partial charge is 0.342 e. The molecule has 0 aliphatic carbocycles. The molecule has 0 bridgehead atoms. The van der Waals surface area contributed by atoms with Gasteiger partial charge in [-0.15, -0.1) is 0 Å². The second-order valence-electron chi connectivity index (χ2n) is 6.34. The molecule has 0 radical (unpaired) electrons. The first-order valence-corrected chi connectivity index (χ1v) is 8.68. The van der Waals surface area contributed by atoms with Crippen LogP contribution in [0, 0.1) is 10.1 Å². The Balaban J connectivity index is 1.91. The molecule has 0 spiro atoms. The van der Waals surface area contributed by atoms with Crippen LogP contribution in [0.4, 0.5) is 11.5 Å². The third-order valence-electron chi connectivity index (χ3n) is 4.37. The van der Waals surface area contributed by atoms with E-state index in [0.717, 1.165) is 0 Å². The number of H-pyrrole nitrogens is 1. The standard InChI is InChI=1S/C20H15N3O8/c21-17-15(19(25)26)14(16(20(27)28)18(24)22-17)11-3-7-13(8-4-11)31-9-10-1-5-12(6-2-10)23(29)30/h1-8H,9H2,(H,25,26)(H,27,28)(H3,21,22,24). The highest BCUT2D eigenvalue weighted by atomic mass is 16.6. The summed E-state index contributed by atoms with van der Waals surface area (Å²) in [5.74, 6) is -3.19. The fourth-order valence-corrected chi connectivity index (χ4v) is 2.93. The van der Waals surface area contributed by atoms with Gasteiger partial charge in [0.15, 0.2) is 0 Å². The fraction of sp³-hybridized carbons (Fsp3) is 0.0500. The molecule has 0 saturated carbocycles. The number of benzene rings is 2. The first kappa shape index (κ1) is 21.0. The maximum atomic E-state index is 12.1. The average molecular weight is 425 g/mol. The predicted molar refractivity (Wildman–Crippen MR) is 108 cm³/mol. The van der Waals surface area contributed by atoms with Crippen molar-refractivity contribution >= 4 is 23.4 Å². The Bertz CT molecular complexity index is 1230. The van der Waals surface area contributed by atoms with Crippen molar-refractivity contribution in [3.05, 3.63) is 85.7 Å². The van der Waals surface area contributed by atoms with Gasteiger partial charge in [0.05, 0.1) is 4.92 Å². The summed E-state index contributed by atoms with van der Waals surface area (Å²) in [7, 11) is 0. The molecule has 0 aliphatic rings. The van der Waals surface area contributed by atoms with Crippen LogP contribution in [0.2, 0.25) is 0 Å². The number of carbonyl (C=O) groups is 2. The number of nitrogens with two attached hydrogens (primary N) is 1. The number of carboxylic acids is 2. The number of non-ortho nitro benzene ring substituents is 1. The van der Waals surface area contributed by atoms with Crippen molar-refractivity contribution in [3.8, 4) is 16.9 Å². The highest BCUT2D eigenvalue weighted by molar-refractivity contribution is 6.07. The Morgan fingerprint density at radius 1 is 1.00 bits per heavy atom. The van der Waals surface area contributed by atoms with E-state index in [2.05, 4.69) is 0 Å². The van der Waals surface area contributed by atoms with E-state index < -0.39 is 39.4 Å². The van der Waals surface area contributed by atoms with Gasteiger partial charge in [-0.2, -0.15) is 0 Å². The number of aromatic nitrogens is 1. The Labute approximate surface area is 173 Å². The summed E-state index contributed by atoms with van der Waals surface area (Å²) < 4.78 is 5.59. The molecule has 3 rings (SSSR count). The maximum Gasteiger partial charge on any atom is 0.342 e. The third-order valence-corrected chi connectivity index (χ3v) is 4.37. The SMILES string of the molecule is Nc1[nH]c(=O)c(C(=O)O)c(-c2ccc(OCc3ccc([N+](=O)[O-])cc3)cc2)c1C(=O)O. The van der Waals surface area contributed by atoms with E-state index >= 15 is 0 Å². The van der Waals surface area contributed by atoms with Crippen molar-refractivity contribution in [2.24, 2.45) is 0 Å². The lowest BCUT2D eigenvalue weighted by Crippen LogP contribution is -2.24. The first-order chi connectivity index (χ1) is 14.7. The highest BCUT2D eigenvalue weighted by Crippen LogP contribution is 2.30. The monoisotopic (exact) mass is 425 g/mol. The van der Waals surface area contributed by atoms with E-state index in [1.54, 1.807) is 12.1 Å². The van der Waals surface area contributed by atoms with Gasteiger partial charge in [0.2, 0.25) is 0 Å². The van der Waals surface area contributed by atoms with E-state index in [-0.39, 0.29) is 23.4 Å². The van der Waals surface area contributed by atoms with Crippen LogP contribution >= 0.6 is 0 Å². The van der Waals surface area contributed by atoms with Crippen LogP contribution in [0.15, 0.2) is 53.3 Å². The van der Waals surface area contributed by atoms with Gasteiger partial charge >= 0.3 is 11.9 Å². The number of ether oxygens (including phenoxy) is 1. The molecule has 1 aromatic heterocycles. The summed E-state index contributed by atoms with van der Waals surface area (Å²) in [6.45, 7) is 0.107. The van der Waals surface area contributed by atoms with E-state index in [9.17, 15) is 34.7 Å². The van der Waals surface area contributed by atoms with Crippen LogP contribution in [0.25, 0.3) is 11.1 Å². The van der Waals surface area contributed by atoms with Gasteiger partial charge in [-0.25, -0.2) is 9.59 Å². The van der Waals surface area contributed by atoms with Crippen molar-refractivity contribution in [1.82, 2.24) is 4.98 Å². The largest absolute Gasteiger partial charge is 0.489 e. The Morgan fingerprint density at radius 2 is 1.58 bits per heavy atom. The number of aromatic carboxylic acids is 2. The van der Waals surface area contributed by atoms with Crippen molar-refractivity contribution in [1.29, 1.82) is 0 Å². The van der Waals surface area contributed by atoms with Gasteiger partial charge in [0, 0.05) is 17.7 Å². The van der Waals surface area contributed by atoms with Gasteiger partial charge in [-0.1, -0.05) is 12.1 Å². The Hall–Kier alpha value is -4.67. The molecule has 0 unspecified atom stereocenters. The van der Waals surface area contributed by atoms with Crippen LogP contribution in [0.5, 0.6) is 5.75 Å². The number of nitrogens with one attached hydrogen (secondary N) is 1. The summed E-state index contributed by atoms with van der Waals surface area (Å²) in [5, 5.41) is 29.6. The maximum absolute atomic E-state index is 12.1. The number of pyridine rings is 1. The van der Waals surface area contributed by atoms with Crippen LogP contribution in [-0.2, 0) is 6.61 Å². The van der Waals surface area contributed by atoms with Gasteiger partial charge in [0.1, 0.15) is 29.3 Å². The number of carboxylic acid groups (broad SMARTS) is 2. The fourth-order valence-electron chi connectivity index (χ4n) is 2.93. The molecule has 0 amide bonds. The van der Waals surface area contributed by atoms with E-state index in [0.29, 0.717) is 11.3 Å². The molecule has 5 N–H and O–H groups in total. The topological polar surface area (TPSA) is 186 Å².